The fourth-order valence-electron chi connectivity index (χ4n) is 1.96. The number of ether oxygens (including phenoxy) is 1. The van der Waals surface area contributed by atoms with Crippen molar-refractivity contribution in [2.45, 2.75) is 12.2 Å². The van der Waals surface area contributed by atoms with Crippen LogP contribution in [0.3, 0.4) is 0 Å². The molecule has 0 heterocycles. The summed E-state index contributed by atoms with van der Waals surface area (Å²) in [6, 6.07) is 15.5. The molecule has 0 aliphatic heterocycles. The first kappa shape index (κ1) is 17.3. The number of alkyl halides is 2. The van der Waals surface area contributed by atoms with Crippen molar-refractivity contribution in [1.29, 1.82) is 0 Å². The van der Waals surface area contributed by atoms with Crippen LogP contribution in [0.5, 0.6) is 0 Å². The van der Waals surface area contributed by atoms with Crippen molar-refractivity contribution in [3.63, 3.8) is 0 Å². The van der Waals surface area contributed by atoms with Crippen molar-refractivity contribution in [3.05, 3.63) is 69.7 Å². The summed E-state index contributed by atoms with van der Waals surface area (Å²) in [5.74, 6) is 0. The fourth-order valence-corrected chi connectivity index (χ4v) is 3.27. The van der Waals surface area contributed by atoms with Crippen molar-refractivity contribution in [3.8, 4) is 0 Å². The third kappa shape index (κ3) is 4.97. The van der Waals surface area contributed by atoms with Crippen LogP contribution < -0.4 is 0 Å². The smallest absolute Gasteiger partial charge is 0.0930 e. The summed E-state index contributed by atoms with van der Waals surface area (Å²) < 4.78 is 6.22. The van der Waals surface area contributed by atoms with Gasteiger partial charge >= 0.3 is 0 Å². The summed E-state index contributed by atoms with van der Waals surface area (Å²) in [7, 11) is 0. The van der Waals surface area contributed by atoms with Gasteiger partial charge in [0.25, 0.3) is 0 Å². The Morgan fingerprint density at radius 2 is 1.05 bits per heavy atom. The third-order valence-corrected chi connectivity index (χ3v) is 4.77. The van der Waals surface area contributed by atoms with E-state index in [4.69, 9.17) is 27.9 Å². The monoisotopic (exact) mass is 450 g/mol. The summed E-state index contributed by atoms with van der Waals surface area (Å²) in [5.41, 5.74) is 2.19. The van der Waals surface area contributed by atoms with E-state index in [0.29, 0.717) is 10.7 Å². The molecule has 2 atom stereocenters. The first-order chi connectivity index (χ1) is 10.1. The second kappa shape index (κ2) is 8.54. The molecule has 0 bridgehead atoms. The maximum absolute atomic E-state index is 6.22. The van der Waals surface area contributed by atoms with Crippen LogP contribution in [0.15, 0.2) is 48.5 Å². The van der Waals surface area contributed by atoms with Gasteiger partial charge in [0, 0.05) is 20.7 Å². The molecule has 2 aromatic rings. The van der Waals surface area contributed by atoms with Crippen molar-refractivity contribution in [2.75, 3.05) is 10.7 Å². The van der Waals surface area contributed by atoms with Gasteiger partial charge in [0.05, 0.1) is 12.2 Å². The maximum atomic E-state index is 6.22. The first-order valence-corrected chi connectivity index (χ1v) is 9.42. The van der Waals surface area contributed by atoms with Crippen molar-refractivity contribution in [2.24, 2.45) is 0 Å². The van der Waals surface area contributed by atoms with E-state index in [9.17, 15) is 0 Å². The molecular weight excluding hydrogens is 439 g/mol. The molecule has 0 saturated carbocycles. The topological polar surface area (TPSA) is 9.23 Å². The summed E-state index contributed by atoms with van der Waals surface area (Å²) in [4.78, 5) is 0. The molecule has 1 nitrogen and oxygen atoms in total. The van der Waals surface area contributed by atoms with Gasteiger partial charge in [-0.2, -0.15) is 0 Å². The van der Waals surface area contributed by atoms with Gasteiger partial charge < -0.3 is 4.74 Å². The van der Waals surface area contributed by atoms with Gasteiger partial charge in [0.2, 0.25) is 0 Å². The molecule has 0 spiro atoms. The molecule has 2 unspecified atom stereocenters. The molecule has 0 aromatic heterocycles. The lowest BCUT2D eigenvalue weighted by atomic mass is 10.1. The third-order valence-electron chi connectivity index (χ3n) is 3.09. The largest absolute Gasteiger partial charge is 0.364 e. The Hall–Kier alpha value is -0.0600. The zero-order valence-electron chi connectivity index (χ0n) is 11.1. The second-order valence-corrected chi connectivity index (χ2v) is 6.69. The molecule has 0 saturated heterocycles. The van der Waals surface area contributed by atoms with Crippen LogP contribution in [-0.4, -0.2) is 10.7 Å². The van der Waals surface area contributed by atoms with E-state index < -0.39 is 0 Å². The Balaban J connectivity index is 2.15. The summed E-state index contributed by atoms with van der Waals surface area (Å²) >= 11 is 18.9. The lowest BCUT2D eigenvalue weighted by molar-refractivity contribution is 0.0128. The summed E-state index contributed by atoms with van der Waals surface area (Å²) in [5, 5.41) is 2.88. The van der Waals surface area contributed by atoms with E-state index >= 15 is 0 Å². The molecule has 2 rings (SSSR count). The van der Waals surface area contributed by atoms with Crippen LogP contribution in [0.4, 0.5) is 0 Å². The Bertz CT molecular complexity index is 506. The van der Waals surface area contributed by atoms with Gasteiger partial charge in [-0.05, 0) is 35.4 Å². The van der Waals surface area contributed by atoms with E-state index in [2.05, 4.69) is 31.9 Å². The van der Waals surface area contributed by atoms with Gasteiger partial charge in [-0.3, -0.25) is 0 Å². The van der Waals surface area contributed by atoms with E-state index in [1.54, 1.807) is 0 Å². The Morgan fingerprint density at radius 3 is 1.33 bits per heavy atom. The molecule has 21 heavy (non-hydrogen) atoms. The highest BCUT2D eigenvalue weighted by Gasteiger charge is 2.18. The average molecular weight is 453 g/mol. The minimum absolute atomic E-state index is 0.0412. The van der Waals surface area contributed by atoms with Crippen molar-refractivity contribution < 1.29 is 4.74 Å². The van der Waals surface area contributed by atoms with Crippen LogP contribution >= 0.6 is 55.1 Å². The van der Waals surface area contributed by atoms with Gasteiger partial charge in [0.1, 0.15) is 0 Å². The van der Waals surface area contributed by atoms with Crippen LogP contribution in [0.25, 0.3) is 0 Å². The summed E-state index contributed by atoms with van der Waals surface area (Å²) in [6.07, 6.45) is -0.0824. The van der Waals surface area contributed by atoms with Crippen LogP contribution in [-0.2, 0) is 4.74 Å². The molecule has 0 aliphatic rings. The Labute approximate surface area is 151 Å². The Morgan fingerprint density at radius 1 is 0.714 bits per heavy atom. The first-order valence-electron chi connectivity index (χ1n) is 6.42. The molecule has 0 radical (unpaired) electrons. The van der Waals surface area contributed by atoms with E-state index in [1.807, 2.05) is 48.5 Å². The second-order valence-electron chi connectivity index (χ2n) is 4.53. The van der Waals surface area contributed by atoms with Gasteiger partial charge in [-0.1, -0.05) is 79.3 Å². The number of halogens is 4. The van der Waals surface area contributed by atoms with E-state index in [0.717, 1.165) is 21.2 Å². The standard InChI is InChI=1S/C16H14Br2Cl2O/c17-9-15(11-1-5-13(19)6-2-11)21-16(10-18)12-3-7-14(20)8-4-12/h1-8,15-16H,9-10H2. The molecule has 0 N–H and O–H groups in total. The van der Waals surface area contributed by atoms with E-state index in [1.165, 1.54) is 0 Å². The predicted molar refractivity (Wildman–Crippen MR) is 97.1 cm³/mol. The number of rotatable bonds is 6. The molecule has 112 valence electrons. The summed E-state index contributed by atoms with van der Waals surface area (Å²) in [6.45, 7) is 0. The van der Waals surface area contributed by atoms with Crippen LogP contribution in [0.2, 0.25) is 10.0 Å². The normalized spacial score (nSPS) is 13.9. The molecule has 0 aliphatic carbocycles. The van der Waals surface area contributed by atoms with Crippen LogP contribution in [0, 0.1) is 0 Å². The van der Waals surface area contributed by atoms with Crippen molar-refractivity contribution >= 4 is 55.1 Å². The minimum atomic E-state index is -0.0412. The number of hydrogen-bond donors (Lipinski definition) is 0. The highest BCUT2D eigenvalue weighted by Crippen LogP contribution is 2.30. The molecular formula is C16H14Br2Cl2O. The van der Waals surface area contributed by atoms with Gasteiger partial charge in [-0.15, -0.1) is 0 Å². The lowest BCUT2D eigenvalue weighted by Gasteiger charge is -2.23. The highest BCUT2D eigenvalue weighted by molar-refractivity contribution is 9.09. The molecule has 0 amide bonds. The minimum Gasteiger partial charge on any atom is -0.364 e. The quantitative estimate of drug-likeness (QED) is 0.449. The van der Waals surface area contributed by atoms with E-state index in [-0.39, 0.29) is 12.2 Å². The fraction of sp³-hybridized carbons (Fsp3) is 0.250. The predicted octanol–water partition coefficient (Wildman–Crippen LogP) is 6.58. The number of benzene rings is 2. The SMILES string of the molecule is Clc1ccc(C(CBr)OC(CBr)c2ccc(Cl)cc2)cc1. The lowest BCUT2D eigenvalue weighted by Crippen LogP contribution is -2.13. The van der Waals surface area contributed by atoms with Gasteiger partial charge in [0.15, 0.2) is 0 Å². The van der Waals surface area contributed by atoms with Crippen molar-refractivity contribution in [1.82, 2.24) is 0 Å². The highest BCUT2D eigenvalue weighted by atomic mass is 79.9. The molecule has 0 fully saturated rings. The van der Waals surface area contributed by atoms with Crippen LogP contribution in [0.1, 0.15) is 23.3 Å². The van der Waals surface area contributed by atoms with Gasteiger partial charge in [-0.25, -0.2) is 0 Å². The average Bonchev–Trinajstić information content (AvgIpc) is 2.51. The molecule has 2 aromatic carbocycles. The zero-order chi connectivity index (χ0) is 15.2. The zero-order valence-corrected chi connectivity index (χ0v) is 15.8. The Kier molecular flexibility index (Phi) is 7.03. The number of hydrogen-bond acceptors (Lipinski definition) is 1. The maximum Gasteiger partial charge on any atom is 0.0930 e. The molecule has 5 heteroatoms.